The smallest absolute Gasteiger partial charge is 0.449 e. The van der Waals surface area contributed by atoms with Gasteiger partial charge in [0.2, 0.25) is 5.91 Å². The van der Waals surface area contributed by atoms with Crippen LogP contribution in [0.3, 0.4) is 0 Å². The first-order chi connectivity index (χ1) is 15.9. The maximum Gasteiger partial charge on any atom is 0.522 e. The normalized spacial score (nSPS) is 19.9. The minimum absolute atomic E-state index is 0.00375. The van der Waals surface area contributed by atoms with Gasteiger partial charge in [0.25, 0.3) is 0 Å². The van der Waals surface area contributed by atoms with Crippen LogP contribution < -0.4 is 0 Å². The molecule has 1 N–H and O–H groups in total. The largest absolute Gasteiger partial charge is 0.522 e. The van der Waals surface area contributed by atoms with E-state index in [1.807, 2.05) is 67.6 Å². The standard InChI is InChI=1S/C21H19NO3S.CHF3O3S/c1-14-17(13-22-18(23)12-19(22)26-14)21(24)25-20(15-8-4-2-5-9-15)16-10-6-3-7-11-16;2-1(3,4)8(5,6)7/h2-11,13-14,19-20H,12H2,1H3;(H,5,6,7)/t14?,19-;/m1./s1. The molecular formula is C22H20F3NO6S2. The van der Waals surface area contributed by atoms with Gasteiger partial charge in [0.05, 0.1) is 17.4 Å². The summed E-state index contributed by atoms with van der Waals surface area (Å²) in [5.74, 6) is -0.316. The molecule has 2 aromatic rings. The Bertz CT molecular complexity index is 1130. The molecule has 0 radical (unpaired) electrons. The van der Waals surface area contributed by atoms with Crippen LogP contribution in [0.4, 0.5) is 13.2 Å². The van der Waals surface area contributed by atoms with Crippen molar-refractivity contribution in [2.24, 2.45) is 0 Å². The average Bonchev–Trinajstić information content (AvgIpc) is 2.77. The molecule has 0 aliphatic carbocycles. The van der Waals surface area contributed by atoms with Crippen molar-refractivity contribution < 1.29 is 40.5 Å². The third-order valence-corrected chi connectivity index (χ3v) is 6.94. The lowest BCUT2D eigenvalue weighted by molar-refractivity contribution is -0.143. The third-order valence-electron chi connectivity index (χ3n) is 4.98. The zero-order valence-corrected chi connectivity index (χ0v) is 19.3. The highest BCUT2D eigenvalue weighted by molar-refractivity contribution is 8.00. The Morgan fingerprint density at radius 1 is 1.09 bits per heavy atom. The fourth-order valence-corrected chi connectivity index (χ4v) is 4.54. The molecule has 2 aromatic carbocycles. The quantitative estimate of drug-likeness (QED) is 0.281. The minimum atomic E-state index is -5.84. The lowest BCUT2D eigenvalue weighted by Gasteiger charge is -2.42. The van der Waals surface area contributed by atoms with E-state index >= 15 is 0 Å². The van der Waals surface area contributed by atoms with Gasteiger partial charge in [0.1, 0.15) is 0 Å². The Morgan fingerprint density at radius 3 is 1.97 bits per heavy atom. The number of fused-ring (bicyclic) bond motifs is 1. The van der Waals surface area contributed by atoms with Gasteiger partial charge in [0.15, 0.2) is 6.10 Å². The summed E-state index contributed by atoms with van der Waals surface area (Å²) in [4.78, 5) is 26.3. The van der Waals surface area contributed by atoms with Crippen LogP contribution in [0.1, 0.15) is 30.6 Å². The van der Waals surface area contributed by atoms with Crippen molar-refractivity contribution in [1.82, 2.24) is 4.90 Å². The molecule has 1 fully saturated rings. The second kappa shape index (κ2) is 10.2. The number of benzene rings is 2. The Morgan fingerprint density at radius 2 is 1.56 bits per heavy atom. The van der Waals surface area contributed by atoms with Gasteiger partial charge < -0.3 is 9.64 Å². The van der Waals surface area contributed by atoms with Gasteiger partial charge >= 0.3 is 21.6 Å². The predicted octanol–water partition coefficient (Wildman–Crippen LogP) is 4.29. The number of thioether (sulfide) groups is 1. The Balaban J connectivity index is 0.000000350. The topological polar surface area (TPSA) is 101 Å². The number of carbonyl (C=O) groups excluding carboxylic acids is 2. The Kier molecular flexibility index (Phi) is 7.74. The molecule has 1 saturated heterocycles. The van der Waals surface area contributed by atoms with Crippen molar-refractivity contribution in [2.45, 2.75) is 35.6 Å². The maximum absolute atomic E-state index is 12.9. The SMILES string of the molecule is CC1S[C@@H]2CC(=O)N2C=C1C(=O)OC(c1ccccc1)c1ccccc1.O=S(=O)(O)C(F)(F)F. The molecule has 2 atom stereocenters. The molecule has 2 aliphatic heterocycles. The summed E-state index contributed by atoms with van der Waals surface area (Å²) in [5, 5.41) is 0.164. The molecule has 2 aliphatic rings. The van der Waals surface area contributed by atoms with E-state index in [1.54, 1.807) is 22.9 Å². The number of hydrogen-bond acceptors (Lipinski definition) is 6. The van der Waals surface area contributed by atoms with Crippen LogP contribution in [0.2, 0.25) is 0 Å². The molecule has 0 bridgehead atoms. The molecule has 2 heterocycles. The van der Waals surface area contributed by atoms with E-state index in [9.17, 15) is 22.8 Å². The highest BCUT2D eigenvalue weighted by atomic mass is 32.2. The van der Waals surface area contributed by atoms with Gasteiger partial charge in [-0.15, -0.1) is 11.8 Å². The molecular weight excluding hydrogens is 495 g/mol. The summed E-state index contributed by atoms with van der Waals surface area (Å²) in [5.41, 5.74) is -3.16. The first-order valence-electron chi connectivity index (χ1n) is 9.91. The lowest BCUT2D eigenvalue weighted by atomic mass is 10.0. The number of rotatable bonds is 4. The van der Waals surface area contributed by atoms with E-state index in [0.29, 0.717) is 12.0 Å². The molecule has 12 heteroatoms. The summed E-state index contributed by atoms with van der Waals surface area (Å²) >= 11 is 1.63. The van der Waals surface area contributed by atoms with Crippen LogP contribution in [0.5, 0.6) is 0 Å². The fourth-order valence-electron chi connectivity index (χ4n) is 3.21. The number of nitrogens with zero attached hydrogens (tertiary/aromatic N) is 1. The van der Waals surface area contributed by atoms with E-state index in [4.69, 9.17) is 17.7 Å². The van der Waals surface area contributed by atoms with Crippen molar-refractivity contribution >= 4 is 33.8 Å². The molecule has 182 valence electrons. The molecule has 7 nitrogen and oxygen atoms in total. The van der Waals surface area contributed by atoms with E-state index in [0.717, 1.165) is 11.1 Å². The molecule has 1 unspecified atom stereocenters. The van der Waals surface area contributed by atoms with Crippen molar-refractivity contribution in [3.63, 3.8) is 0 Å². The van der Waals surface area contributed by atoms with Gasteiger partial charge in [0, 0.05) is 11.4 Å². The van der Waals surface area contributed by atoms with Gasteiger partial charge in [-0.25, -0.2) is 4.79 Å². The summed E-state index contributed by atoms with van der Waals surface area (Å²) in [6, 6.07) is 19.4. The van der Waals surface area contributed by atoms with Gasteiger partial charge in [-0.2, -0.15) is 21.6 Å². The first kappa shape index (κ1) is 25.8. The summed E-state index contributed by atoms with van der Waals surface area (Å²) in [7, 11) is -5.84. The second-order valence-corrected chi connectivity index (χ2v) is 10.3. The number of hydrogen-bond donors (Lipinski definition) is 1. The molecule has 0 aromatic heterocycles. The second-order valence-electron chi connectivity index (χ2n) is 7.35. The van der Waals surface area contributed by atoms with E-state index < -0.39 is 21.7 Å². The van der Waals surface area contributed by atoms with Crippen molar-refractivity contribution in [2.75, 3.05) is 0 Å². The molecule has 0 spiro atoms. The van der Waals surface area contributed by atoms with Crippen molar-refractivity contribution in [3.8, 4) is 0 Å². The zero-order chi connectivity index (χ0) is 25.1. The highest BCUT2D eigenvalue weighted by Gasteiger charge is 2.44. The summed E-state index contributed by atoms with van der Waals surface area (Å²) in [6.45, 7) is 1.98. The summed E-state index contributed by atoms with van der Waals surface area (Å²) in [6.07, 6.45) is 1.74. The first-order valence-corrected chi connectivity index (χ1v) is 12.3. The van der Waals surface area contributed by atoms with Gasteiger partial charge in [-0.05, 0) is 18.1 Å². The number of alkyl halides is 3. The van der Waals surface area contributed by atoms with Crippen molar-refractivity contribution in [3.05, 3.63) is 83.6 Å². The van der Waals surface area contributed by atoms with E-state index in [-0.39, 0.29) is 22.5 Å². The lowest BCUT2D eigenvalue weighted by Crippen LogP contribution is -2.50. The molecule has 34 heavy (non-hydrogen) atoms. The number of amides is 1. The monoisotopic (exact) mass is 515 g/mol. The minimum Gasteiger partial charge on any atom is -0.449 e. The average molecular weight is 516 g/mol. The zero-order valence-electron chi connectivity index (χ0n) is 17.7. The van der Waals surface area contributed by atoms with Gasteiger partial charge in [-0.3, -0.25) is 9.35 Å². The number of esters is 1. The van der Waals surface area contributed by atoms with Crippen LogP contribution in [-0.4, -0.2) is 45.9 Å². The van der Waals surface area contributed by atoms with Crippen LogP contribution in [0.15, 0.2) is 72.4 Å². The maximum atomic E-state index is 12.9. The predicted molar refractivity (Wildman–Crippen MR) is 119 cm³/mol. The van der Waals surface area contributed by atoms with Crippen LogP contribution in [-0.2, 0) is 24.4 Å². The van der Waals surface area contributed by atoms with E-state index in [2.05, 4.69) is 0 Å². The number of carbonyl (C=O) groups is 2. The highest BCUT2D eigenvalue weighted by Crippen LogP contribution is 2.41. The van der Waals surface area contributed by atoms with Crippen LogP contribution in [0, 0.1) is 0 Å². The molecule has 4 rings (SSSR count). The van der Waals surface area contributed by atoms with E-state index in [1.165, 1.54) is 0 Å². The number of halogens is 3. The summed E-state index contributed by atoms with van der Waals surface area (Å²) < 4.78 is 63.5. The Labute approximate surface area is 198 Å². The number of β-lactam (4-membered cyclic amide) rings is 1. The molecule has 1 amide bonds. The third kappa shape index (κ3) is 5.99. The molecule has 0 saturated carbocycles. The fraction of sp³-hybridized carbons (Fsp3) is 0.273. The van der Waals surface area contributed by atoms with Gasteiger partial charge in [-0.1, -0.05) is 60.7 Å². The van der Waals surface area contributed by atoms with Crippen molar-refractivity contribution in [1.29, 1.82) is 0 Å². The Hall–Kier alpha value is -2.83. The van der Waals surface area contributed by atoms with Crippen LogP contribution in [0.25, 0.3) is 0 Å². The number of ether oxygens (including phenoxy) is 1. The van der Waals surface area contributed by atoms with Crippen LogP contribution >= 0.6 is 11.8 Å².